The molecule has 2 N–H and O–H groups in total. The minimum Gasteiger partial charge on any atom is -0.368 e. The van der Waals surface area contributed by atoms with Crippen LogP contribution in [-0.2, 0) is 0 Å². The van der Waals surface area contributed by atoms with E-state index in [1.54, 1.807) is 0 Å². The predicted octanol–water partition coefficient (Wildman–Crippen LogP) is 2.67. The number of rotatable bonds is 6. The van der Waals surface area contributed by atoms with E-state index in [1.807, 2.05) is 30.3 Å². The Morgan fingerprint density at radius 2 is 1.95 bits per heavy atom. The van der Waals surface area contributed by atoms with Crippen molar-refractivity contribution in [2.45, 2.75) is 26.8 Å². The number of aromatic nitrogens is 1. The van der Waals surface area contributed by atoms with E-state index < -0.39 is 0 Å². The van der Waals surface area contributed by atoms with E-state index >= 15 is 0 Å². The standard InChI is InChI=1S/C16H23N3O/c1-4-19(5-2)11-12(3)17-15-10-13-8-6-7-9-14(13)16(20)18-15/h6-10,12H,4-5,11H2,1-3H3,(H2,17,18,20). The number of pyridine rings is 1. The van der Waals surface area contributed by atoms with Gasteiger partial charge in [-0.3, -0.25) is 4.79 Å². The first kappa shape index (κ1) is 14.6. The molecule has 2 rings (SSSR count). The zero-order chi connectivity index (χ0) is 14.5. The van der Waals surface area contributed by atoms with Gasteiger partial charge in [0.1, 0.15) is 5.82 Å². The van der Waals surface area contributed by atoms with Crippen molar-refractivity contribution in [3.05, 3.63) is 40.7 Å². The van der Waals surface area contributed by atoms with Crippen molar-refractivity contribution in [2.24, 2.45) is 0 Å². The van der Waals surface area contributed by atoms with Crippen molar-refractivity contribution in [3.63, 3.8) is 0 Å². The van der Waals surface area contributed by atoms with Crippen molar-refractivity contribution < 1.29 is 0 Å². The van der Waals surface area contributed by atoms with Crippen LogP contribution in [0, 0.1) is 0 Å². The van der Waals surface area contributed by atoms with Gasteiger partial charge < -0.3 is 15.2 Å². The lowest BCUT2D eigenvalue weighted by atomic mass is 10.1. The molecule has 0 aliphatic carbocycles. The number of anilines is 1. The smallest absolute Gasteiger partial charge is 0.257 e. The molecule has 1 unspecified atom stereocenters. The fourth-order valence-corrected chi connectivity index (χ4v) is 2.47. The van der Waals surface area contributed by atoms with Crippen molar-refractivity contribution in [3.8, 4) is 0 Å². The van der Waals surface area contributed by atoms with Gasteiger partial charge in [-0.05, 0) is 37.5 Å². The molecule has 1 aromatic carbocycles. The molecule has 0 saturated heterocycles. The Kier molecular flexibility index (Phi) is 4.79. The molecule has 2 aromatic rings. The summed E-state index contributed by atoms with van der Waals surface area (Å²) in [6.45, 7) is 9.49. The Labute approximate surface area is 119 Å². The molecule has 0 bridgehead atoms. The molecule has 0 spiro atoms. The highest BCUT2D eigenvalue weighted by molar-refractivity contribution is 5.83. The van der Waals surface area contributed by atoms with Gasteiger partial charge in [0.15, 0.2) is 0 Å². The molecule has 0 saturated carbocycles. The lowest BCUT2D eigenvalue weighted by molar-refractivity contribution is 0.294. The third-order valence-corrected chi connectivity index (χ3v) is 3.58. The van der Waals surface area contributed by atoms with Crippen molar-refractivity contribution in [2.75, 3.05) is 25.0 Å². The number of H-pyrrole nitrogens is 1. The molecule has 20 heavy (non-hydrogen) atoms. The molecule has 4 heteroatoms. The van der Waals surface area contributed by atoms with Gasteiger partial charge in [-0.2, -0.15) is 0 Å². The maximum atomic E-state index is 12.0. The lowest BCUT2D eigenvalue weighted by Crippen LogP contribution is -2.35. The molecule has 0 amide bonds. The van der Waals surface area contributed by atoms with Gasteiger partial charge in [-0.25, -0.2) is 0 Å². The molecule has 0 aliphatic heterocycles. The van der Waals surface area contributed by atoms with Gasteiger partial charge in [-0.1, -0.05) is 32.0 Å². The zero-order valence-corrected chi connectivity index (χ0v) is 12.4. The highest BCUT2D eigenvalue weighted by Crippen LogP contribution is 2.13. The van der Waals surface area contributed by atoms with Gasteiger partial charge >= 0.3 is 0 Å². The summed E-state index contributed by atoms with van der Waals surface area (Å²) in [4.78, 5) is 17.3. The van der Waals surface area contributed by atoms with Crippen molar-refractivity contribution >= 4 is 16.6 Å². The average molecular weight is 273 g/mol. The van der Waals surface area contributed by atoms with E-state index in [0.29, 0.717) is 0 Å². The van der Waals surface area contributed by atoms with Crippen molar-refractivity contribution in [1.82, 2.24) is 9.88 Å². The number of nitrogens with zero attached hydrogens (tertiary/aromatic N) is 1. The minimum atomic E-state index is -0.0411. The van der Waals surface area contributed by atoms with Crippen LogP contribution in [0.5, 0.6) is 0 Å². The van der Waals surface area contributed by atoms with E-state index in [9.17, 15) is 4.79 Å². The van der Waals surface area contributed by atoms with E-state index in [1.165, 1.54) is 0 Å². The van der Waals surface area contributed by atoms with Crippen LogP contribution in [0.1, 0.15) is 20.8 Å². The molecule has 1 atom stereocenters. The first-order valence-electron chi connectivity index (χ1n) is 7.25. The maximum absolute atomic E-state index is 12.0. The summed E-state index contributed by atoms with van der Waals surface area (Å²) in [6, 6.07) is 9.92. The Balaban J connectivity index is 2.15. The van der Waals surface area contributed by atoms with E-state index in [0.717, 1.165) is 36.2 Å². The highest BCUT2D eigenvalue weighted by Gasteiger charge is 2.08. The van der Waals surface area contributed by atoms with Crippen LogP contribution in [0.15, 0.2) is 35.1 Å². The van der Waals surface area contributed by atoms with Crippen LogP contribution in [0.2, 0.25) is 0 Å². The van der Waals surface area contributed by atoms with Crippen molar-refractivity contribution in [1.29, 1.82) is 0 Å². The van der Waals surface area contributed by atoms with Gasteiger partial charge in [0.2, 0.25) is 0 Å². The predicted molar refractivity (Wildman–Crippen MR) is 85.4 cm³/mol. The second kappa shape index (κ2) is 6.57. The lowest BCUT2D eigenvalue weighted by Gasteiger charge is -2.24. The minimum absolute atomic E-state index is 0.0411. The van der Waals surface area contributed by atoms with Gasteiger partial charge in [0.05, 0.1) is 0 Å². The molecule has 0 aliphatic rings. The van der Waals surface area contributed by atoms with Crippen LogP contribution in [-0.4, -0.2) is 35.6 Å². The number of aromatic amines is 1. The molecule has 0 fully saturated rings. The van der Waals surface area contributed by atoms with E-state index in [-0.39, 0.29) is 11.6 Å². The molecular formula is C16H23N3O. The second-order valence-corrected chi connectivity index (χ2v) is 5.13. The van der Waals surface area contributed by atoms with E-state index in [4.69, 9.17) is 0 Å². The number of likely N-dealkylation sites (N-methyl/N-ethyl adjacent to an activating group) is 1. The summed E-state index contributed by atoms with van der Waals surface area (Å²) in [5.74, 6) is 0.786. The summed E-state index contributed by atoms with van der Waals surface area (Å²) in [6.07, 6.45) is 0. The van der Waals surface area contributed by atoms with Gasteiger partial charge in [0.25, 0.3) is 5.56 Å². The van der Waals surface area contributed by atoms with Crippen LogP contribution in [0.3, 0.4) is 0 Å². The summed E-state index contributed by atoms with van der Waals surface area (Å²) >= 11 is 0. The fourth-order valence-electron chi connectivity index (χ4n) is 2.47. The first-order chi connectivity index (χ1) is 9.63. The Morgan fingerprint density at radius 1 is 1.25 bits per heavy atom. The summed E-state index contributed by atoms with van der Waals surface area (Å²) in [7, 11) is 0. The molecule has 1 heterocycles. The quantitative estimate of drug-likeness (QED) is 0.850. The number of nitrogens with one attached hydrogen (secondary N) is 2. The normalized spacial score (nSPS) is 12.8. The number of hydrogen-bond donors (Lipinski definition) is 2. The second-order valence-electron chi connectivity index (χ2n) is 5.13. The summed E-state index contributed by atoms with van der Waals surface area (Å²) in [5, 5.41) is 5.07. The molecule has 4 nitrogen and oxygen atoms in total. The van der Waals surface area contributed by atoms with Crippen LogP contribution in [0.4, 0.5) is 5.82 Å². The van der Waals surface area contributed by atoms with E-state index in [2.05, 4.69) is 36.0 Å². The monoisotopic (exact) mass is 273 g/mol. The first-order valence-corrected chi connectivity index (χ1v) is 7.25. The highest BCUT2D eigenvalue weighted by atomic mass is 16.1. The number of hydrogen-bond acceptors (Lipinski definition) is 3. The zero-order valence-electron chi connectivity index (χ0n) is 12.4. The van der Waals surface area contributed by atoms with Crippen LogP contribution >= 0.6 is 0 Å². The Morgan fingerprint density at radius 3 is 2.65 bits per heavy atom. The SMILES string of the molecule is CCN(CC)CC(C)Nc1cc2ccccc2c(=O)[nH]1. The molecular weight excluding hydrogens is 250 g/mol. The Bertz CT molecular complexity index is 616. The van der Waals surface area contributed by atoms with Crippen LogP contribution < -0.4 is 10.9 Å². The number of fused-ring (bicyclic) bond motifs is 1. The number of benzene rings is 1. The topological polar surface area (TPSA) is 48.1 Å². The third-order valence-electron chi connectivity index (χ3n) is 3.58. The fraction of sp³-hybridized carbons (Fsp3) is 0.438. The largest absolute Gasteiger partial charge is 0.368 e. The third kappa shape index (κ3) is 3.39. The Hall–Kier alpha value is -1.81. The maximum Gasteiger partial charge on any atom is 0.257 e. The average Bonchev–Trinajstić information content (AvgIpc) is 2.44. The van der Waals surface area contributed by atoms with Gasteiger partial charge in [0, 0.05) is 18.0 Å². The van der Waals surface area contributed by atoms with Crippen LogP contribution in [0.25, 0.3) is 10.8 Å². The summed E-state index contributed by atoms with van der Waals surface area (Å²) < 4.78 is 0. The summed E-state index contributed by atoms with van der Waals surface area (Å²) in [5.41, 5.74) is -0.0411. The molecule has 0 radical (unpaired) electrons. The molecule has 108 valence electrons. The van der Waals surface area contributed by atoms with Gasteiger partial charge in [-0.15, -0.1) is 0 Å². The molecule has 1 aromatic heterocycles.